The lowest BCUT2D eigenvalue weighted by Crippen LogP contribution is -2.28. The molecule has 0 saturated heterocycles. The van der Waals surface area contributed by atoms with Crippen molar-refractivity contribution in [2.75, 3.05) is 6.61 Å². The number of allylic oxidation sites excluding steroid dienone is 3. The van der Waals surface area contributed by atoms with E-state index in [9.17, 15) is 18.8 Å². The van der Waals surface area contributed by atoms with Crippen LogP contribution in [0.15, 0.2) is 41.0 Å². The van der Waals surface area contributed by atoms with Crippen molar-refractivity contribution in [2.45, 2.75) is 38.7 Å². The van der Waals surface area contributed by atoms with E-state index in [0.29, 0.717) is 18.6 Å². The van der Waals surface area contributed by atoms with Gasteiger partial charge in [0, 0.05) is 24.0 Å². The lowest BCUT2D eigenvalue weighted by molar-refractivity contribution is -0.116. The van der Waals surface area contributed by atoms with E-state index in [4.69, 9.17) is 19.9 Å². The van der Waals surface area contributed by atoms with Crippen molar-refractivity contribution in [2.24, 2.45) is 5.73 Å². The van der Waals surface area contributed by atoms with Crippen LogP contribution in [-0.4, -0.2) is 19.0 Å². The Kier molecular flexibility index (Phi) is 5.31. The van der Waals surface area contributed by atoms with Crippen molar-refractivity contribution in [3.63, 3.8) is 0 Å². The molecule has 8 heteroatoms. The quantitative estimate of drug-likeness (QED) is 0.845. The zero-order chi connectivity index (χ0) is 19.6. The van der Waals surface area contributed by atoms with Gasteiger partial charge < -0.3 is 19.9 Å². The summed E-state index contributed by atoms with van der Waals surface area (Å²) in [7, 11) is 0. The standard InChI is InChI=1S/C19H18F2N2O4/c1-2-25-14-8-3-5-10(17(14)27-19(20)21)15-11(9-22)18(23)26-13-7-4-6-12(24)16(13)15/h3,5,8,15,19H,2,4,6-7,23H2,1H3. The number of Topliss-reactive ketones (excluding diaryl/α,β-unsaturated/α-hetero) is 1. The first-order valence-electron chi connectivity index (χ1n) is 8.52. The Labute approximate surface area is 154 Å². The molecule has 1 atom stereocenters. The molecule has 0 radical (unpaired) electrons. The molecule has 0 spiro atoms. The van der Waals surface area contributed by atoms with E-state index < -0.39 is 12.5 Å². The smallest absolute Gasteiger partial charge is 0.387 e. The number of hydrogen-bond donors (Lipinski definition) is 1. The van der Waals surface area contributed by atoms with Gasteiger partial charge in [0.1, 0.15) is 17.4 Å². The van der Waals surface area contributed by atoms with Crippen LogP contribution >= 0.6 is 0 Å². The molecule has 0 fully saturated rings. The Balaban J connectivity index is 2.24. The van der Waals surface area contributed by atoms with Gasteiger partial charge in [-0.2, -0.15) is 14.0 Å². The molecule has 0 saturated carbocycles. The van der Waals surface area contributed by atoms with Crippen molar-refractivity contribution >= 4 is 5.78 Å². The molecular weight excluding hydrogens is 358 g/mol. The van der Waals surface area contributed by atoms with Crippen LogP contribution in [0.4, 0.5) is 8.78 Å². The molecule has 1 aromatic carbocycles. The Morgan fingerprint density at radius 3 is 2.85 bits per heavy atom. The molecule has 0 bridgehead atoms. The van der Waals surface area contributed by atoms with Crippen molar-refractivity contribution in [1.82, 2.24) is 0 Å². The van der Waals surface area contributed by atoms with Crippen LogP contribution < -0.4 is 15.2 Å². The third-order valence-electron chi connectivity index (χ3n) is 4.43. The van der Waals surface area contributed by atoms with Crippen LogP contribution in [0.5, 0.6) is 11.5 Å². The minimum absolute atomic E-state index is 0.0169. The number of nitriles is 1. The van der Waals surface area contributed by atoms with Gasteiger partial charge in [-0.3, -0.25) is 4.79 Å². The highest BCUT2D eigenvalue weighted by atomic mass is 19.3. The van der Waals surface area contributed by atoms with E-state index in [-0.39, 0.29) is 52.9 Å². The summed E-state index contributed by atoms with van der Waals surface area (Å²) in [6.45, 7) is -1.17. The third-order valence-corrected chi connectivity index (χ3v) is 4.43. The minimum atomic E-state index is -3.10. The molecule has 27 heavy (non-hydrogen) atoms. The summed E-state index contributed by atoms with van der Waals surface area (Å²) in [6.07, 6.45) is 1.36. The first-order valence-corrected chi connectivity index (χ1v) is 8.52. The predicted molar refractivity (Wildman–Crippen MR) is 90.8 cm³/mol. The zero-order valence-electron chi connectivity index (χ0n) is 14.6. The number of carbonyl (C=O) groups is 1. The first-order chi connectivity index (χ1) is 13.0. The molecule has 1 unspecified atom stereocenters. The summed E-state index contributed by atoms with van der Waals surface area (Å²) < 4.78 is 41.8. The maximum absolute atomic E-state index is 13.1. The first kappa shape index (κ1) is 18.7. The van der Waals surface area contributed by atoms with Gasteiger partial charge in [-0.15, -0.1) is 0 Å². The van der Waals surface area contributed by atoms with E-state index in [1.807, 2.05) is 6.07 Å². The largest absolute Gasteiger partial charge is 0.490 e. The SMILES string of the molecule is CCOc1cccc(C2C(C#N)=C(N)OC3=C2C(=O)CCC3)c1OC(F)F. The molecule has 1 aliphatic heterocycles. The zero-order valence-corrected chi connectivity index (χ0v) is 14.6. The average molecular weight is 376 g/mol. The highest BCUT2D eigenvalue weighted by Gasteiger charge is 2.40. The number of benzene rings is 1. The van der Waals surface area contributed by atoms with Gasteiger partial charge >= 0.3 is 6.61 Å². The molecule has 3 rings (SSSR count). The molecule has 2 N–H and O–H groups in total. The molecule has 0 aromatic heterocycles. The number of ether oxygens (including phenoxy) is 3. The lowest BCUT2D eigenvalue weighted by Gasteiger charge is -2.32. The van der Waals surface area contributed by atoms with E-state index in [1.54, 1.807) is 13.0 Å². The molecule has 0 amide bonds. The summed E-state index contributed by atoms with van der Waals surface area (Å²) >= 11 is 0. The van der Waals surface area contributed by atoms with E-state index >= 15 is 0 Å². The second-order valence-electron chi connectivity index (χ2n) is 6.02. The van der Waals surface area contributed by atoms with Crippen LogP contribution in [0, 0.1) is 11.3 Å². The Morgan fingerprint density at radius 2 is 2.19 bits per heavy atom. The number of halogens is 2. The predicted octanol–water partition coefficient (Wildman–Crippen LogP) is 3.50. The maximum Gasteiger partial charge on any atom is 0.387 e. The van der Waals surface area contributed by atoms with Crippen molar-refractivity contribution < 1.29 is 27.8 Å². The summed E-state index contributed by atoms with van der Waals surface area (Å²) in [4.78, 5) is 12.6. The highest BCUT2D eigenvalue weighted by Crippen LogP contribution is 2.48. The van der Waals surface area contributed by atoms with Gasteiger partial charge in [-0.25, -0.2) is 0 Å². The lowest BCUT2D eigenvalue weighted by atomic mass is 9.77. The number of ketones is 1. The van der Waals surface area contributed by atoms with Gasteiger partial charge in [0.05, 0.1) is 12.5 Å². The molecule has 1 heterocycles. The Hall–Kier alpha value is -3.08. The fourth-order valence-electron chi connectivity index (χ4n) is 3.41. The number of rotatable bonds is 5. The number of nitrogens with zero attached hydrogens (tertiary/aromatic N) is 1. The van der Waals surface area contributed by atoms with Crippen LogP contribution in [0.2, 0.25) is 0 Å². The summed E-state index contributed by atoms with van der Waals surface area (Å²) in [5.41, 5.74) is 6.35. The van der Waals surface area contributed by atoms with Gasteiger partial charge in [0.15, 0.2) is 17.3 Å². The topological polar surface area (TPSA) is 94.6 Å². The Morgan fingerprint density at radius 1 is 1.41 bits per heavy atom. The van der Waals surface area contributed by atoms with Gasteiger partial charge in [0.2, 0.25) is 5.88 Å². The molecular formula is C19H18F2N2O4. The van der Waals surface area contributed by atoms with Crippen LogP contribution in [0.25, 0.3) is 0 Å². The maximum atomic E-state index is 13.1. The highest BCUT2D eigenvalue weighted by molar-refractivity contribution is 5.99. The van der Waals surface area contributed by atoms with Crippen LogP contribution in [0.1, 0.15) is 37.7 Å². The van der Waals surface area contributed by atoms with Crippen LogP contribution in [-0.2, 0) is 9.53 Å². The summed E-state index contributed by atoms with van der Waals surface area (Å²) in [6, 6.07) is 6.55. The van der Waals surface area contributed by atoms with Gasteiger partial charge in [-0.05, 0) is 19.4 Å². The van der Waals surface area contributed by atoms with Crippen molar-refractivity contribution in [1.29, 1.82) is 5.26 Å². The minimum Gasteiger partial charge on any atom is -0.490 e. The molecule has 142 valence electrons. The monoisotopic (exact) mass is 376 g/mol. The molecule has 2 aliphatic rings. The molecule has 1 aliphatic carbocycles. The van der Waals surface area contributed by atoms with Crippen LogP contribution in [0.3, 0.4) is 0 Å². The normalized spacial score (nSPS) is 19.5. The van der Waals surface area contributed by atoms with Gasteiger partial charge in [0.25, 0.3) is 0 Å². The third kappa shape index (κ3) is 3.45. The fourth-order valence-corrected chi connectivity index (χ4v) is 3.41. The number of nitrogens with two attached hydrogens (primary N) is 1. The fraction of sp³-hybridized carbons (Fsp3) is 0.368. The number of para-hydroxylation sites is 1. The number of carbonyl (C=O) groups excluding carboxylic acids is 1. The van der Waals surface area contributed by atoms with E-state index in [0.717, 1.165) is 0 Å². The molecule has 6 nitrogen and oxygen atoms in total. The average Bonchev–Trinajstić information content (AvgIpc) is 2.62. The number of alkyl halides is 2. The van der Waals surface area contributed by atoms with Crippen molar-refractivity contribution in [3.05, 3.63) is 46.6 Å². The Bertz CT molecular complexity index is 871. The van der Waals surface area contributed by atoms with E-state index in [2.05, 4.69) is 0 Å². The molecule has 1 aromatic rings. The summed E-state index contributed by atoms with van der Waals surface area (Å²) in [5.74, 6) is -1.03. The summed E-state index contributed by atoms with van der Waals surface area (Å²) in [5, 5.41) is 9.59. The van der Waals surface area contributed by atoms with E-state index in [1.165, 1.54) is 12.1 Å². The van der Waals surface area contributed by atoms with Gasteiger partial charge in [-0.1, -0.05) is 12.1 Å². The number of hydrogen-bond acceptors (Lipinski definition) is 6. The second kappa shape index (κ2) is 7.66. The van der Waals surface area contributed by atoms with Crippen molar-refractivity contribution in [3.8, 4) is 17.6 Å². The second-order valence-corrected chi connectivity index (χ2v) is 6.02.